The highest BCUT2D eigenvalue weighted by atomic mass is 35.5. The quantitative estimate of drug-likeness (QED) is 0.658. The molecule has 0 fully saturated rings. The predicted molar refractivity (Wildman–Crippen MR) is 62.5 cm³/mol. The van der Waals surface area contributed by atoms with Crippen LogP contribution in [-0.2, 0) is 20.4 Å². The molecule has 1 aromatic rings. The second-order valence-electron chi connectivity index (χ2n) is 3.06. The van der Waals surface area contributed by atoms with E-state index in [1.165, 1.54) is 7.11 Å². The molecule has 0 aliphatic rings. The highest BCUT2D eigenvalue weighted by Crippen LogP contribution is 2.21. The molecule has 0 spiro atoms. The average molecular weight is 262 g/mol. The molecule has 0 saturated heterocycles. The molecule has 1 aromatic carbocycles. The van der Waals surface area contributed by atoms with E-state index in [4.69, 9.17) is 11.6 Å². The van der Waals surface area contributed by atoms with Crippen LogP contribution < -0.4 is 5.48 Å². The van der Waals surface area contributed by atoms with Gasteiger partial charge in [-0.1, -0.05) is 12.1 Å². The van der Waals surface area contributed by atoms with Crippen LogP contribution in [0.15, 0.2) is 29.2 Å². The van der Waals surface area contributed by atoms with Crippen molar-refractivity contribution in [3.05, 3.63) is 29.8 Å². The van der Waals surface area contributed by atoms with Crippen LogP contribution in [0, 0.1) is 0 Å². The molecule has 2 unspecified atom stereocenters. The molecule has 0 aliphatic carbocycles. The maximum Gasteiger partial charge on any atom is 0.266 e. The van der Waals surface area contributed by atoms with Gasteiger partial charge in [0.25, 0.3) is 5.91 Å². The number of amides is 1. The third-order valence-electron chi connectivity index (χ3n) is 1.94. The smallest absolute Gasteiger partial charge is 0.266 e. The third-order valence-corrected chi connectivity index (χ3v) is 3.32. The second kappa shape index (κ2) is 5.98. The van der Waals surface area contributed by atoms with E-state index in [1.807, 2.05) is 0 Å². The standard InChI is InChI=1S/C10H12ClNO3S/c1-15-12-10(13)9(11)7-3-5-8(6-4-7)16(2)14/h3-6,9H,1-2H3,(H,12,13). The van der Waals surface area contributed by atoms with E-state index in [9.17, 15) is 9.00 Å². The maximum absolute atomic E-state index is 11.3. The Balaban J connectivity index is 2.81. The molecular weight excluding hydrogens is 250 g/mol. The van der Waals surface area contributed by atoms with E-state index in [-0.39, 0.29) is 0 Å². The monoisotopic (exact) mass is 261 g/mol. The van der Waals surface area contributed by atoms with Crippen molar-refractivity contribution in [2.75, 3.05) is 13.4 Å². The summed E-state index contributed by atoms with van der Waals surface area (Å²) in [4.78, 5) is 16.5. The lowest BCUT2D eigenvalue weighted by molar-refractivity contribution is -0.131. The molecule has 1 N–H and O–H groups in total. The Morgan fingerprint density at radius 2 is 2.00 bits per heavy atom. The lowest BCUT2D eigenvalue weighted by Gasteiger charge is -2.09. The van der Waals surface area contributed by atoms with Gasteiger partial charge in [-0.2, -0.15) is 0 Å². The molecule has 0 heterocycles. The van der Waals surface area contributed by atoms with Crippen molar-refractivity contribution in [3.8, 4) is 0 Å². The van der Waals surface area contributed by atoms with Crippen LogP contribution in [-0.4, -0.2) is 23.5 Å². The summed E-state index contributed by atoms with van der Waals surface area (Å²) in [5.41, 5.74) is 2.78. The third kappa shape index (κ3) is 3.30. The molecular formula is C10H12ClNO3S. The molecule has 1 amide bonds. The summed E-state index contributed by atoms with van der Waals surface area (Å²) in [6, 6.07) is 6.70. The average Bonchev–Trinajstić information content (AvgIpc) is 2.28. The topological polar surface area (TPSA) is 55.4 Å². The van der Waals surface area contributed by atoms with Crippen molar-refractivity contribution in [1.82, 2.24) is 5.48 Å². The first kappa shape index (κ1) is 13.2. The Bertz CT molecular complexity index is 394. The summed E-state index contributed by atoms with van der Waals surface area (Å²) >= 11 is 5.90. The summed E-state index contributed by atoms with van der Waals surface area (Å²) in [5.74, 6) is -0.436. The molecule has 0 saturated carbocycles. The summed E-state index contributed by atoms with van der Waals surface area (Å²) in [6.07, 6.45) is 1.59. The lowest BCUT2D eigenvalue weighted by atomic mass is 10.1. The zero-order valence-electron chi connectivity index (χ0n) is 8.90. The fourth-order valence-corrected chi connectivity index (χ4v) is 1.84. The molecule has 0 radical (unpaired) electrons. The van der Waals surface area contributed by atoms with E-state index in [0.29, 0.717) is 10.5 Å². The molecule has 4 nitrogen and oxygen atoms in total. The molecule has 0 aromatic heterocycles. The number of benzene rings is 1. The van der Waals surface area contributed by atoms with Gasteiger partial charge in [-0.3, -0.25) is 13.8 Å². The van der Waals surface area contributed by atoms with Crippen molar-refractivity contribution in [3.63, 3.8) is 0 Å². The fourth-order valence-electron chi connectivity index (χ4n) is 1.13. The van der Waals surface area contributed by atoms with E-state index in [2.05, 4.69) is 10.3 Å². The zero-order valence-corrected chi connectivity index (χ0v) is 10.5. The van der Waals surface area contributed by atoms with Crippen LogP contribution in [0.2, 0.25) is 0 Å². The molecule has 16 heavy (non-hydrogen) atoms. The number of hydroxylamine groups is 1. The number of carbonyl (C=O) groups excluding carboxylic acids is 1. The summed E-state index contributed by atoms with van der Waals surface area (Å²) in [7, 11) is 0.305. The number of carbonyl (C=O) groups is 1. The first-order valence-corrected chi connectivity index (χ1v) is 6.46. The van der Waals surface area contributed by atoms with Gasteiger partial charge in [0.15, 0.2) is 0 Å². The highest BCUT2D eigenvalue weighted by molar-refractivity contribution is 7.84. The molecule has 2 atom stereocenters. The highest BCUT2D eigenvalue weighted by Gasteiger charge is 2.17. The second-order valence-corrected chi connectivity index (χ2v) is 4.87. The first-order chi connectivity index (χ1) is 7.56. The summed E-state index contributed by atoms with van der Waals surface area (Å²) < 4.78 is 11.1. The van der Waals surface area contributed by atoms with E-state index >= 15 is 0 Å². The van der Waals surface area contributed by atoms with Crippen LogP contribution in [0.4, 0.5) is 0 Å². The van der Waals surface area contributed by atoms with Gasteiger partial charge in [0.2, 0.25) is 0 Å². The molecule has 0 aliphatic heterocycles. The van der Waals surface area contributed by atoms with Crippen LogP contribution in [0.1, 0.15) is 10.9 Å². The number of hydrogen-bond acceptors (Lipinski definition) is 3. The number of rotatable bonds is 4. The molecule has 1 rings (SSSR count). The Morgan fingerprint density at radius 3 is 2.44 bits per heavy atom. The van der Waals surface area contributed by atoms with Crippen LogP contribution >= 0.6 is 11.6 Å². The lowest BCUT2D eigenvalue weighted by Crippen LogP contribution is -2.25. The largest absolute Gasteiger partial charge is 0.277 e. The first-order valence-electron chi connectivity index (χ1n) is 4.46. The number of hydrogen-bond donors (Lipinski definition) is 1. The van der Waals surface area contributed by atoms with Crippen LogP contribution in [0.3, 0.4) is 0 Å². The van der Waals surface area contributed by atoms with Gasteiger partial charge in [-0.25, -0.2) is 5.48 Å². The summed E-state index contributed by atoms with van der Waals surface area (Å²) in [6.45, 7) is 0. The Morgan fingerprint density at radius 1 is 1.44 bits per heavy atom. The van der Waals surface area contributed by atoms with Crippen molar-refractivity contribution >= 4 is 28.3 Å². The van der Waals surface area contributed by atoms with E-state index in [0.717, 1.165) is 0 Å². The Labute approximate surface area is 101 Å². The molecule has 6 heteroatoms. The van der Waals surface area contributed by atoms with Gasteiger partial charge in [-0.15, -0.1) is 11.6 Å². The van der Waals surface area contributed by atoms with E-state index < -0.39 is 22.1 Å². The minimum atomic E-state index is -1.03. The minimum absolute atomic E-state index is 0.436. The molecule has 88 valence electrons. The van der Waals surface area contributed by atoms with Gasteiger partial charge in [0.05, 0.1) is 7.11 Å². The summed E-state index contributed by atoms with van der Waals surface area (Å²) in [5, 5.41) is -0.820. The van der Waals surface area contributed by atoms with Gasteiger partial charge in [-0.05, 0) is 17.7 Å². The Hall–Kier alpha value is -0.910. The van der Waals surface area contributed by atoms with Crippen LogP contribution in [0.25, 0.3) is 0 Å². The van der Waals surface area contributed by atoms with Gasteiger partial charge < -0.3 is 0 Å². The van der Waals surface area contributed by atoms with Gasteiger partial charge in [0.1, 0.15) is 5.38 Å². The molecule has 0 bridgehead atoms. The fraction of sp³-hybridized carbons (Fsp3) is 0.300. The number of alkyl halides is 1. The van der Waals surface area contributed by atoms with Gasteiger partial charge >= 0.3 is 0 Å². The predicted octanol–water partition coefficient (Wildman–Crippen LogP) is 1.38. The van der Waals surface area contributed by atoms with Crippen LogP contribution in [0.5, 0.6) is 0 Å². The number of nitrogens with one attached hydrogen (secondary N) is 1. The Kier molecular flexibility index (Phi) is 4.92. The van der Waals surface area contributed by atoms with Crippen molar-refractivity contribution in [2.45, 2.75) is 10.3 Å². The maximum atomic E-state index is 11.3. The SMILES string of the molecule is CONC(=O)C(Cl)c1ccc(S(C)=O)cc1. The normalized spacial score (nSPS) is 14.2. The van der Waals surface area contributed by atoms with E-state index in [1.54, 1.807) is 30.5 Å². The zero-order chi connectivity index (χ0) is 12.1. The number of halogens is 1. The van der Waals surface area contributed by atoms with Crippen molar-refractivity contribution in [2.24, 2.45) is 0 Å². The minimum Gasteiger partial charge on any atom is -0.277 e. The van der Waals surface area contributed by atoms with Crippen molar-refractivity contribution < 1.29 is 13.8 Å². The van der Waals surface area contributed by atoms with Gasteiger partial charge in [0, 0.05) is 22.0 Å². The van der Waals surface area contributed by atoms with Crippen molar-refractivity contribution in [1.29, 1.82) is 0 Å².